The second-order valence-electron chi connectivity index (χ2n) is 4.70. The zero-order valence-electron chi connectivity index (χ0n) is 11.3. The number of aromatic carboxylic acids is 1. The summed E-state index contributed by atoms with van der Waals surface area (Å²) >= 11 is 0. The molecule has 0 atom stereocenters. The number of carboxylic acid groups (broad SMARTS) is 1. The highest BCUT2D eigenvalue weighted by atomic mass is 16.6. The van der Waals surface area contributed by atoms with E-state index in [1.54, 1.807) is 0 Å². The van der Waals surface area contributed by atoms with E-state index in [-0.39, 0.29) is 28.0 Å². The fourth-order valence-electron chi connectivity index (χ4n) is 2.24. The first-order chi connectivity index (χ1) is 10.9. The van der Waals surface area contributed by atoms with Crippen LogP contribution in [0.2, 0.25) is 0 Å². The molecule has 1 heterocycles. The van der Waals surface area contributed by atoms with E-state index in [4.69, 9.17) is 4.42 Å². The molecule has 1 aliphatic carbocycles. The second kappa shape index (κ2) is 5.02. The number of carbonyl (C=O) groups is 3. The predicted octanol–water partition coefficient (Wildman–Crippen LogP) is 1.01. The monoisotopic (exact) mass is 312 g/mol. The number of hydrogen-bond donors (Lipinski definition) is 0. The third kappa shape index (κ3) is 2.31. The molecule has 0 bridgehead atoms. The van der Waals surface area contributed by atoms with Crippen molar-refractivity contribution < 1.29 is 28.8 Å². The molecule has 0 saturated carbocycles. The molecule has 3 rings (SSSR count). The van der Waals surface area contributed by atoms with Gasteiger partial charge < -0.3 is 14.3 Å². The predicted molar refractivity (Wildman–Crippen MR) is 72.8 cm³/mol. The number of benzene rings is 1. The molecule has 0 unspecified atom stereocenters. The Kier molecular flexibility index (Phi) is 3.14. The molecule has 0 aliphatic heterocycles. The largest absolute Gasteiger partial charge is 0.545 e. The minimum atomic E-state index is -1.47. The number of nitrogens with zero attached hydrogens (tertiary/aromatic N) is 1. The average molecular weight is 312 g/mol. The second-order valence-corrected chi connectivity index (χ2v) is 4.70. The molecule has 114 valence electrons. The first-order valence-corrected chi connectivity index (χ1v) is 6.29. The summed E-state index contributed by atoms with van der Waals surface area (Å²) in [7, 11) is 0. The quantitative estimate of drug-likeness (QED) is 0.357. The number of furan rings is 1. The number of carboxylic acids is 1. The van der Waals surface area contributed by atoms with Crippen LogP contribution in [0.15, 0.2) is 40.3 Å². The molecule has 0 N–H and O–H groups in total. The van der Waals surface area contributed by atoms with Crippen molar-refractivity contribution in [3.05, 3.63) is 68.5 Å². The van der Waals surface area contributed by atoms with Gasteiger partial charge in [0.1, 0.15) is 10.7 Å². The third-order valence-corrected chi connectivity index (χ3v) is 3.31. The Balaban J connectivity index is 2.03. The van der Waals surface area contributed by atoms with Crippen molar-refractivity contribution >= 4 is 29.5 Å². The summed E-state index contributed by atoms with van der Waals surface area (Å²) in [6.45, 7) is 0. The van der Waals surface area contributed by atoms with Crippen LogP contribution >= 0.6 is 0 Å². The first kappa shape index (κ1) is 14.4. The molecular formula is C15H6NO7-. The summed E-state index contributed by atoms with van der Waals surface area (Å²) in [6, 6.07) is 5.81. The molecule has 0 saturated heterocycles. The molecule has 2 aromatic rings. The number of nitro groups is 1. The van der Waals surface area contributed by atoms with Gasteiger partial charge in [-0.2, -0.15) is 0 Å². The van der Waals surface area contributed by atoms with Gasteiger partial charge in [0.25, 0.3) is 0 Å². The summed E-state index contributed by atoms with van der Waals surface area (Å²) in [5.74, 6) is -3.29. The SMILES string of the molecule is O=C([O-])c1ccc2c(c1)C(=O)/C(=C\c1ccc([N+](=O)[O-])o1)C2=O. The first-order valence-electron chi connectivity index (χ1n) is 6.29. The lowest BCUT2D eigenvalue weighted by molar-refractivity contribution is -0.402. The maximum Gasteiger partial charge on any atom is 0.433 e. The molecule has 8 heteroatoms. The molecule has 0 amide bonds. The van der Waals surface area contributed by atoms with Gasteiger partial charge in [0.2, 0.25) is 0 Å². The molecule has 1 aromatic heterocycles. The van der Waals surface area contributed by atoms with E-state index in [0.717, 1.165) is 18.2 Å². The van der Waals surface area contributed by atoms with Crippen LogP contribution < -0.4 is 5.11 Å². The topological polar surface area (TPSA) is 131 Å². The molecule has 0 fully saturated rings. The van der Waals surface area contributed by atoms with Gasteiger partial charge in [-0.1, -0.05) is 6.07 Å². The van der Waals surface area contributed by atoms with Gasteiger partial charge in [-0.05, 0) is 29.8 Å². The number of allylic oxidation sites excluding steroid dienone is 1. The minimum Gasteiger partial charge on any atom is -0.545 e. The summed E-state index contributed by atoms with van der Waals surface area (Å²) < 4.78 is 4.88. The van der Waals surface area contributed by atoms with E-state index in [2.05, 4.69) is 0 Å². The molecule has 1 aliphatic rings. The highest BCUT2D eigenvalue weighted by molar-refractivity contribution is 6.41. The van der Waals surface area contributed by atoms with E-state index < -0.39 is 28.3 Å². The fraction of sp³-hybridized carbons (Fsp3) is 0. The van der Waals surface area contributed by atoms with E-state index in [9.17, 15) is 29.6 Å². The highest BCUT2D eigenvalue weighted by Crippen LogP contribution is 2.29. The maximum atomic E-state index is 12.2. The maximum absolute atomic E-state index is 12.2. The van der Waals surface area contributed by atoms with Crippen LogP contribution in [0, 0.1) is 10.1 Å². The lowest BCUT2D eigenvalue weighted by Crippen LogP contribution is -2.22. The Labute approximate surface area is 127 Å². The Bertz CT molecular complexity index is 920. The normalized spacial score (nSPS) is 15.0. The van der Waals surface area contributed by atoms with Gasteiger partial charge in [0, 0.05) is 11.1 Å². The van der Waals surface area contributed by atoms with Gasteiger partial charge in [0.15, 0.2) is 11.6 Å². The van der Waals surface area contributed by atoms with Crippen molar-refractivity contribution in [3.63, 3.8) is 0 Å². The zero-order chi connectivity index (χ0) is 16.7. The number of Topliss-reactive ketones (excluding diaryl/α,β-unsaturated/α-hetero) is 2. The summed E-state index contributed by atoms with van der Waals surface area (Å²) in [6.07, 6.45) is 1.09. The summed E-state index contributed by atoms with van der Waals surface area (Å²) in [4.78, 5) is 45.1. The molecule has 1 aromatic carbocycles. The zero-order valence-corrected chi connectivity index (χ0v) is 11.3. The molecule has 8 nitrogen and oxygen atoms in total. The van der Waals surface area contributed by atoms with E-state index >= 15 is 0 Å². The molecule has 0 radical (unpaired) electrons. The fourth-order valence-corrected chi connectivity index (χ4v) is 2.24. The lowest BCUT2D eigenvalue weighted by atomic mass is 10.1. The lowest BCUT2D eigenvalue weighted by Gasteiger charge is -2.03. The van der Waals surface area contributed by atoms with E-state index in [0.29, 0.717) is 0 Å². The number of ketones is 2. The number of carbonyl (C=O) groups excluding carboxylic acids is 3. The molecule has 0 spiro atoms. The minimum absolute atomic E-state index is 0.0265. The van der Waals surface area contributed by atoms with Gasteiger partial charge in [-0.25, -0.2) is 0 Å². The van der Waals surface area contributed by atoms with Gasteiger partial charge >= 0.3 is 5.88 Å². The van der Waals surface area contributed by atoms with Crippen LogP contribution in [0.4, 0.5) is 5.88 Å². The van der Waals surface area contributed by atoms with Gasteiger partial charge in [-0.15, -0.1) is 0 Å². The van der Waals surface area contributed by atoms with Crippen LogP contribution in [0.3, 0.4) is 0 Å². The summed E-state index contributed by atoms with van der Waals surface area (Å²) in [5, 5.41) is 21.4. The Hall–Kier alpha value is -3.55. The summed E-state index contributed by atoms with van der Waals surface area (Å²) in [5.41, 5.74) is -0.462. The number of fused-ring (bicyclic) bond motifs is 1. The van der Waals surface area contributed by atoms with Crippen LogP contribution in [0.5, 0.6) is 0 Å². The van der Waals surface area contributed by atoms with Crippen LogP contribution in [-0.2, 0) is 0 Å². The van der Waals surface area contributed by atoms with E-state index in [1.807, 2.05) is 0 Å². The highest BCUT2D eigenvalue weighted by Gasteiger charge is 2.33. The third-order valence-electron chi connectivity index (χ3n) is 3.31. The molecule has 23 heavy (non-hydrogen) atoms. The van der Waals surface area contributed by atoms with Crippen LogP contribution in [-0.4, -0.2) is 22.5 Å². The van der Waals surface area contributed by atoms with Crippen LogP contribution in [0.1, 0.15) is 36.8 Å². The van der Waals surface area contributed by atoms with Crippen molar-refractivity contribution in [2.24, 2.45) is 0 Å². The van der Waals surface area contributed by atoms with Crippen molar-refractivity contribution in [2.75, 3.05) is 0 Å². The smallest absolute Gasteiger partial charge is 0.433 e. The van der Waals surface area contributed by atoms with Crippen molar-refractivity contribution in [1.29, 1.82) is 0 Å². The van der Waals surface area contributed by atoms with E-state index in [1.165, 1.54) is 18.2 Å². The standard InChI is InChI=1S/C15H7NO7/c17-13-9-3-1-7(15(19)20)5-10(9)14(18)11(13)6-8-2-4-12(23-8)16(21)22/h1-6H,(H,19,20)/p-1/b11-6-. The number of hydrogen-bond acceptors (Lipinski definition) is 7. The van der Waals surface area contributed by atoms with Crippen LogP contribution in [0.25, 0.3) is 6.08 Å². The van der Waals surface area contributed by atoms with Crippen molar-refractivity contribution in [1.82, 2.24) is 0 Å². The van der Waals surface area contributed by atoms with Gasteiger partial charge in [0.05, 0.1) is 17.6 Å². The number of rotatable bonds is 3. The Morgan fingerprint density at radius 2 is 1.78 bits per heavy atom. The van der Waals surface area contributed by atoms with Gasteiger partial charge in [-0.3, -0.25) is 19.7 Å². The van der Waals surface area contributed by atoms with Crippen molar-refractivity contribution in [2.45, 2.75) is 0 Å². The molecular weight excluding hydrogens is 306 g/mol. The Morgan fingerprint density at radius 1 is 1.09 bits per heavy atom. The average Bonchev–Trinajstić information content (AvgIpc) is 3.07. The Morgan fingerprint density at radius 3 is 2.39 bits per heavy atom. The van der Waals surface area contributed by atoms with Crippen molar-refractivity contribution in [3.8, 4) is 0 Å².